The Kier molecular flexibility index (Phi) is 2.93. The van der Waals surface area contributed by atoms with Gasteiger partial charge in [-0.1, -0.05) is 0 Å². The molecule has 0 spiro atoms. The van der Waals surface area contributed by atoms with Crippen molar-refractivity contribution in [2.24, 2.45) is 11.7 Å². The normalized spacial score (nSPS) is 25.3. The molecule has 1 aliphatic rings. The lowest BCUT2D eigenvalue weighted by Gasteiger charge is -2.26. The topological polar surface area (TPSA) is 43.1 Å². The van der Waals surface area contributed by atoms with E-state index in [1.54, 1.807) is 0 Å². The van der Waals surface area contributed by atoms with E-state index in [0.717, 1.165) is 12.2 Å². The van der Waals surface area contributed by atoms with Gasteiger partial charge in [0, 0.05) is 11.7 Å². The van der Waals surface area contributed by atoms with Gasteiger partial charge >= 0.3 is 5.92 Å². The fourth-order valence-electron chi connectivity index (χ4n) is 1.23. The van der Waals surface area contributed by atoms with E-state index >= 15 is 0 Å². The van der Waals surface area contributed by atoms with E-state index in [0.29, 0.717) is 12.2 Å². The average Bonchev–Trinajstić information content (AvgIpc) is 2.06. The van der Waals surface area contributed by atoms with Gasteiger partial charge in [0.25, 0.3) is 5.91 Å². The highest BCUT2D eigenvalue weighted by atomic mass is 32.2. The highest BCUT2D eigenvalue weighted by molar-refractivity contribution is 7.99. The molecule has 2 nitrogen and oxygen atoms in total. The van der Waals surface area contributed by atoms with Gasteiger partial charge in [-0.05, 0) is 18.6 Å². The first-order chi connectivity index (χ1) is 5.55. The number of amides is 1. The summed E-state index contributed by atoms with van der Waals surface area (Å²) < 4.78 is 25.9. The van der Waals surface area contributed by atoms with Gasteiger partial charge in [-0.3, -0.25) is 4.79 Å². The maximum atomic E-state index is 12.9. The van der Waals surface area contributed by atoms with Crippen molar-refractivity contribution in [1.82, 2.24) is 0 Å². The van der Waals surface area contributed by atoms with Crippen LogP contribution in [-0.2, 0) is 4.79 Å². The van der Waals surface area contributed by atoms with E-state index in [4.69, 9.17) is 0 Å². The minimum Gasteiger partial charge on any atom is -0.364 e. The molecule has 1 rings (SSSR count). The lowest BCUT2D eigenvalue weighted by Crippen LogP contribution is -2.44. The fourth-order valence-corrected chi connectivity index (χ4v) is 2.43. The van der Waals surface area contributed by atoms with Crippen molar-refractivity contribution in [3.05, 3.63) is 0 Å². The Morgan fingerprint density at radius 3 is 2.67 bits per heavy atom. The number of primary amides is 1. The van der Waals surface area contributed by atoms with Crippen LogP contribution in [0, 0.1) is 5.92 Å². The monoisotopic (exact) mass is 195 g/mol. The molecule has 5 heteroatoms. The van der Waals surface area contributed by atoms with Crippen LogP contribution in [0.2, 0.25) is 0 Å². The second-order valence-electron chi connectivity index (χ2n) is 2.90. The number of thioether (sulfide) groups is 1. The summed E-state index contributed by atoms with van der Waals surface area (Å²) in [7, 11) is 0. The van der Waals surface area contributed by atoms with Gasteiger partial charge in [0.2, 0.25) is 0 Å². The van der Waals surface area contributed by atoms with Crippen molar-refractivity contribution in [1.29, 1.82) is 0 Å². The Morgan fingerprint density at radius 1 is 1.58 bits per heavy atom. The van der Waals surface area contributed by atoms with E-state index in [1.807, 2.05) is 0 Å². The van der Waals surface area contributed by atoms with Gasteiger partial charge in [0.05, 0.1) is 0 Å². The van der Waals surface area contributed by atoms with E-state index < -0.39 is 17.7 Å². The molecule has 0 radical (unpaired) electrons. The van der Waals surface area contributed by atoms with Crippen molar-refractivity contribution >= 4 is 17.7 Å². The Balaban J connectivity index is 2.59. The van der Waals surface area contributed by atoms with Crippen LogP contribution in [-0.4, -0.2) is 23.3 Å². The maximum Gasteiger partial charge on any atom is 0.327 e. The number of alkyl halides is 2. The summed E-state index contributed by atoms with van der Waals surface area (Å²) in [5.41, 5.74) is 4.60. The van der Waals surface area contributed by atoms with Crippen LogP contribution >= 0.6 is 11.8 Å². The summed E-state index contributed by atoms with van der Waals surface area (Å²) in [6, 6.07) is 0. The first-order valence-corrected chi connectivity index (χ1v) is 4.96. The molecule has 1 atom stereocenters. The van der Waals surface area contributed by atoms with Crippen molar-refractivity contribution in [2.75, 3.05) is 11.5 Å². The predicted molar refractivity (Wildman–Crippen MR) is 44.2 cm³/mol. The molecule has 1 amide bonds. The molecular weight excluding hydrogens is 184 g/mol. The van der Waals surface area contributed by atoms with E-state index in [-0.39, 0.29) is 0 Å². The average molecular weight is 195 g/mol. The molecule has 0 aromatic carbocycles. The van der Waals surface area contributed by atoms with Crippen molar-refractivity contribution in [3.63, 3.8) is 0 Å². The summed E-state index contributed by atoms with van der Waals surface area (Å²) >= 11 is 1.46. The zero-order valence-electron chi connectivity index (χ0n) is 6.56. The summed E-state index contributed by atoms with van der Waals surface area (Å²) in [6.45, 7) is 0. The summed E-state index contributed by atoms with van der Waals surface area (Å²) in [4.78, 5) is 10.4. The lowest BCUT2D eigenvalue weighted by molar-refractivity contribution is -0.149. The Hall–Kier alpha value is -0.320. The van der Waals surface area contributed by atoms with E-state index in [1.165, 1.54) is 11.8 Å². The highest BCUT2D eigenvalue weighted by Crippen LogP contribution is 2.34. The molecule has 1 fully saturated rings. The third kappa shape index (κ3) is 1.88. The third-order valence-corrected chi connectivity index (χ3v) is 3.22. The lowest BCUT2D eigenvalue weighted by atomic mass is 9.97. The van der Waals surface area contributed by atoms with Gasteiger partial charge < -0.3 is 5.73 Å². The Bertz CT molecular complexity index is 180. The van der Waals surface area contributed by atoms with Crippen molar-refractivity contribution in [2.45, 2.75) is 18.8 Å². The number of hydrogen-bond donors (Lipinski definition) is 1. The molecule has 0 aliphatic carbocycles. The summed E-state index contributed by atoms with van der Waals surface area (Å²) in [5, 5.41) is 0. The van der Waals surface area contributed by atoms with Gasteiger partial charge in [-0.2, -0.15) is 20.5 Å². The Labute approximate surface area is 73.9 Å². The van der Waals surface area contributed by atoms with E-state index in [9.17, 15) is 13.6 Å². The van der Waals surface area contributed by atoms with Gasteiger partial charge in [0.1, 0.15) is 0 Å². The number of rotatable bonds is 2. The second kappa shape index (κ2) is 3.60. The smallest absolute Gasteiger partial charge is 0.327 e. The minimum absolute atomic E-state index is 0.343. The molecule has 1 heterocycles. The zero-order valence-corrected chi connectivity index (χ0v) is 7.37. The van der Waals surface area contributed by atoms with Crippen molar-refractivity contribution in [3.8, 4) is 0 Å². The molecule has 2 N–H and O–H groups in total. The molecule has 0 bridgehead atoms. The molecule has 1 aliphatic heterocycles. The first kappa shape index (κ1) is 9.77. The van der Waals surface area contributed by atoms with E-state index in [2.05, 4.69) is 5.73 Å². The zero-order chi connectivity index (χ0) is 9.19. The summed E-state index contributed by atoms with van der Waals surface area (Å²) in [6.07, 6.45) is 1.15. The predicted octanol–water partition coefficient (Wildman–Crippen LogP) is 1.25. The van der Waals surface area contributed by atoms with Crippen molar-refractivity contribution < 1.29 is 13.6 Å². The largest absolute Gasteiger partial charge is 0.364 e. The number of hydrogen-bond acceptors (Lipinski definition) is 2. The minimum atomic E-state index is -3.31. The van der Waals surface area contributed by atoms with Gasteiger partial charge in [-0.25, -0.2) is 0 Å². The van der Waals surface area contributed by atoms with Crippen LogP contribution in [0.5, 0.6) is 0 Å². The number of nitrogens with two attached hydrogens (primary N) is 1. The van der Waals surface area contributed by atoms with Gasteiger partial charge in [-0.15, -0.1) is 0 Å². The molecule has 1 unspecified atom stereocenters. The molecule has 12 heavy (non-hydrogen) atoms. The highest BCUT2D eigenvalue weighted by Gasteiger charge is 2.45. The molecular formula is C7H11F2NOS. The maximum absolute atomic E-state index is 12.9. The summed E-state index contributed by atoms with van der Waals surface area (Å²) in [5.74, 6) is -4.40. The molecule has 0 aromatic heterocycles. The van der Waals surface area contributed by atoms with Crippen LogP contribution in [0.3, 0.4) is 0 Å². The number of carbonyl (C=O) groups excluding carboxylic acids is 1. The first-order valence-electron chi connectivity index (χ1n) is 3.80. The molecule has 0 saturated carbocycles. The van der Waals surface area contributed by atoms with Crippen LogP contribution < -0.4 is 5.73 Å². The third-order valence-electron chi connectivity index (χ3n) is 2.00. The Morgan fingerprint density at radius 2 is 2.25 bits per heavy atom. The molecule has 1 saturated heterocycles. The second-order valence-corrected chi connectivity index (χ2v) is 4.05. The van der Waals surface area contributed by atoms with Gasteiger partial charge in [0.15, 0.2) is 0 Å². The number of carbonyl (C=O) groups is 1. The van der Waals surface area contributed by atoms with Crippen LogP contribution in [0.1, 0.15) is 12.8 Å². The van der Waals surface area contributed by atoms with Crippen LogP contribution in [0.4, 0.5) is 8.78 Å². The SMILES string of the molecule is NC(=O)C(F)(F)C1CCCSC1. The standard InChI is InChI=1S/C7H11F2NOS/c8-7(9,6(10)11)5-2-1-3-12-4-5/h5H,1-4H2,(H2,10,11). The fraction of sp³-hybridized carbons (Fsp3) is 0.857. The molecule has 0 aromatic rings. The number of halogens is 2. The molecule has 70 valence electrons. The quantitative estimate of drug-likeness (QED) is 0.720. The van der Waals surface area contributed by atoms with Crippen LogP contribution in [0.15, 0.2) is 0 Å². The van der Waals surface area contributed by atoms with Crippen LogP contribution in [0.25, 0.3) is 0 Å².